The van der Waals surface area contributed by atoms with Gasteiger partial charge in [-0.05, 0) is 19.1 Å². The molecule has 1 aromatic carbocycles. The van der Waals surface area contributed by atoms with Gasteiger partial charge < -0.3 is 0 Å². The maximum Gasteiger partial charge on any atom is 0.153 e. The second kappa shape index (κ2) is 4.97. The van der Waals surface area contributed by atoms with Crippen LogP contribution in [0.1, 0.15) is 16.1 Å². The molecule has 0 fully saturated rings. The van der Waals surface area contributed by atoms with E-state index >= 15 is 0 Å². The zero-order chi connectivity index (χ0) is 15.0. The van der Waals surface area contributed by atoms with Gasteiger partial charge in [-0.1, -0.05) is 12.1 Å². The van der Waals surface area contributed by atoms with Crippen LogP contribution in [-0.2, 0) is 7.05 Å². The molecule has 0 aliphatic heterocycles. The van der Waals surface area contributed by atoms with E-state index in [9.17, 15) is 9.18 Å². The van der Waals surface area contributed by atoms with Crippen molar-refractivity contribution in [3.63, 3.8) is 0 Å². The molecule has 0 aliphatic rings. The molecule has 3 aromatic rings. The summed E-state index contributed by atoms with van der Waals surface area (Å²) in [5.41, 5.74) is 2.72. The maximum absolute atomic E-state index is 13.8. The number of nitrogens with zero attached hydrogens (tertiary/aromatic N) is 4. The van der Waals surface area contributed by atoms with Crippen LogP contribution in [0.25, 0.3) is 16.9 Å². The topological polar surface area (TPSA) is 52.7 Å². The lowest BCUT2D eigenvalue weighted by molar-refractivity contribution is 0.112. The van der Waals surface area contributed by atoms with E-state index in [1.807, 2.05) is 6.92 Å². The average molecular weight is 284 g/mol. The number of aromatic nitrogens is 4. The Morgan fingerprint density at radius 2 is 1.95 bits per heavy atom. The predicted octanol–water partition coefficient (Wildman–Crippen LogP) is 2.53. The summed E-state index contributed by atoms with van der Waals surface area (Å²) in [6.07, 6.45) is 4.02. The van der Waals surface area contributed by atoms with Crippen molar-refractivity contribution in [1.29, 1.82) is 0 Å². The standard InChI is InChI=1S/C15H13FN4O/c1-10-12(8-19(2)17-10)15-11(9-21)7-20(18-15)14-6-4-3-5-13(14)16/h3-9H,1-2H3. The second-order valence-electron chi connectivity index (χ2n) is 4.75. The van der Waals surface area contributed by atoms with Crippen molar-refractivity contribution in [3.05, 3.63) is 53.7 Å². The second-order valence-corrected chi connectivity index (χ2v) is 4.75. The Balaban J connectivity index is 2.18. The van der Waals surface area contributed by atoms with Crippen LogP contribution in [0.2, 0.25) is 0 Å². The SMILES string of the molecule is Cc1nn(C)cc1-c1nn(-c2ccccc2F)cc1C=O. The van der Waals surface area contributed by atoms with Crippen LogP contribution in [0.5, 0.6) is 0 Å². The van der Waals surface area contributed by atoms with E-state index in [0.717, 1.165) is 11.3 Å². The van der Waals surface area contributed by atoms with Crippen molar-refractivity contribution in [2.75, 3.05) is 0 Å². The number of benzene rings is 1. The molecule has 3 rings (SSSR count). The van der Waals surface area contributed by atoms with E-state index in [0.29, 0.717) is 23.2 Å². The minimum absolute atomic E-state index is 0.299. The highest BCUT2D eigenvalue weighted by molar-refractivity contribution is 5.86. The highest BCUT2D eigenvalue weighted by atomic mass is 19.1. The highest BCUT2D eigenvalue weighted by Crippen LogP contribution is 2.25. The molecule has 0 aliphatic carbocycles. The number of carbonyl (C=O) groups is 1. The summed E-state index contributed by atoms with van der Waals surface area (Å²) in [5.74, 6) is -0.396. The molecule has 21 heavy (non-hydrogen) atoms. The largest absolute Gasteiger partial charge is 0.298 e. The van der Waals surface area contributed by atoms with Crippen LogP contribution in [0, 0.1) is 12.7 Å². The molecular weight excluding hydrogens is 271 g/mol. The lowest BCUT2D eigenvalue weighted by Crippen LogP contribution is -1.98. The van der Waals surface area contributed by atoms with Gasteiger partial charge in [0.2, 0.25) is 0 Å². The van der Waals surface area contributed by atoms with Crippen molar-refractivity contribution < 1.29 is 9.18 Å². The van der Waals surface area contributed by atoms with Gasteiger partial charge in [-0.25, -0.2) is 9.07 Å². The van der Waals surface area contributed by atoms with Crippen molar-refractivity contribution in [2.24, 2.45) is 7.05 Å². The number of hydrogen-bond acceptors (Lipinski definition) is 3. The van der Waals surface area contributed by atoms with E-state index in [2.05, 4.69) is 10.2 Å². The smallest absolute Gasteiger partial charge is 0.153 e. The molecule has 5 nitrogen and oxygen atoms in total. The van der Waals surface area contributed by atoms with Gasteiger partial charge in [-0.2, -0.15) is 10.2 Å². The quantitative estimate of drug-likeness (QED) is 0.694. The summed E-state index contributed by atoms with van der Waals surface area (Å²) in [6, 6.07) is 6.29. The van der Waals surface area contributed by atoms with Gasteiger partial charge in [-0.3, -0.25) is 9.48 Å². The lowest BCUT2D eigenvalue weighted by atomic mass is 10.1. The number of rotatable bonds is 3. The van der Waals surface area contributed by atoms with Gasteiger partial charge in [0.05, 0.1) is 11.3 Å². The Hall–Kier alpha value is -2.76. The first-order chi connectivity index (χ1) is 10.1. The third-order valence-corrected chi connectivity index (χ3v) is 3.24. The molecule has 0 unspecified atom stereocenters. The van der Waals surface area contributed by atoms with Crippen LogP contribution in [0.3, 0.4) is 0 Å². The van der Waals surface area contributed by atoms with Crippen molar-refractivity contribution in [1.82, 2.24) is 19.6 Å². The zero-order valence-corrected chi connectivity index (χ0v) is 11.6. The first-order valence-corrected chi connectivity index (χ1v) is 6.40. The first kappa shape index (κ1) is 13.2. The summed E-state index contributed by atoms with van der Waals surface area (Å²) in [6.45, 7) is 1.84. The summed E-state index contributed by atoms with van der Waals surface area (Å²) in [7, 11) is 1.80. The Morgan fingerprint density at radius 1 is 1.19 bits per heavy atom. The lowest BCUT2D eigenvalue weighted by Gasteiger charge is -2.01. The molecule has 0 N–H and O–H groups in total. The van der Waals surface area contributed by atoms with Gasteiger partial charge in [-0.15, -0.1) is 0 Å². The molecule has 2 aromatic heterocycles. The fourth-order valence-electron chi connectivity index (χ4n) is 2.28. The maximum atomic E-state index is 13.8. The minimum atomic E-state index is -0.396. The summed E-state index contributed by atoms with van der Waals surface area (Å²) in [5, 5.41) is 8.59. The van der Waals surface area contributed by atoms with Gasteiger partial charge in [0, 0.05) is 25.0 Å². The van der Waals surface area contributed by atoms with Gasteiger partial charge in [0.1, 0.15) is 17.2 Å². The molecule has 106 valence electrons. The van der Waals surface area contributed by atoms with Gasteiger partial charge in [0.25, 0.3) is 0 Å². The first-order valence-electron chi connectivity index (χ1n) is 6.40. The molecule has 2 heterocycles. The average Bonchev–Trinajstić information content (AvgIpc) is 3.02. The normalized spacial score (nSPS) is 10.8. The number of para-hydroxylation sites is 1. The molecule has 0 saturated heterocycles. The molecule has 0 saturated carbocycles. The summed E-state index contributed by atoms with van der Waals surface area (Å²) >= 11 is 0. The molecule has 0 amide bonds. The summed E-state index contributed by atoms with van der Waals surface area (Å²) < 4.78 is 16.9. The third kappa shape index (κ3) is 2.24. The van der Waals surface area contributed by atoms with Gasteiger partial charge >= 0.3 is 0 Å². The van der Waals surface area contributed by atoms with Crippen LogP contribution in [0.15, 0.2) is 36.7 Å². The predicted molar refractivity (Wildman–Crippen MR) is 75.8 cm³/mol. The molecule has 0 spiro atoms. The Labute approximate surface area is 120 Å². The zero-order valence-electron chi connectivity index (χ0n) is 11.6. The molecule has 0 atom stereocenters. The number of carbonyl (C=O) groups excluding carboxylic acids is 1. The van der Waals surface area contributed by atoms with E-state index in [1.54, 1.807) is 36.1 Å². The van der Waals surface area contributed by atoms with Crippen LogP contribution >= 0.6 is 0 Å². The Bertz CT molecular complexity index is 819. The Kier molecular flexibility index (Phi) is 3.13. The Morgan fingerprint density at radius 3 is 2.57 bits per heavy atom. The monoisotopic (exact) mass is 284 g/mol. The summed E-state index contributed by atoms with van der Waals surface area (Å²) in [4.78, 5) is 11.3. The third-order valence-electron chi connectivity index (χ3n) is 3.24. The highest BCUT2D eigenvalue weighted by Gasteiger charge is 2.17. The number of halogens is 1. The molecule has 0 radical (unpaired) electrons. The van der Waals surface area contributed by atoms with Crippen molar-refractivity contribution in [3.8, 4) is 16.9 Å². The number of aldehydes is 1. The van der Waals surface area contributed by atoms with Crippen LogP contribution < -0.4 is 0 Å². The van der Waals surface area contributed by atoms with E-state index < -0.39 is 5.82 Å². The minimum Gasteiger partial charge on any atom is -0.298 e. The van der Waals surface area contributed by atoms with E-state index in [1.165, 1.54) is 16.9 Å². The molecule has 6 heteroatoms. The number of aryl methyl sites for hydroxylation is 2. The number of hydrogen-bond donors (Lipinski definition) is 0. The molecule has 0 bridgehead atoms. The van der Waals surface area contributed by atoms with E-state index in [4.69, 9.17) is 0 Å². The van der Waals surface area contributed by atoms with E-state index in [-0.39, 0.29) is 0 Å². The van der Waals surface area contributed by atoms with Crippen molar-refractivity contribution >= 4 is 6.29 Å². The fraction of sp³-hybridized carbons (Fsp3) is 0.133. The van der Waals surface area contributed by atoms with Crippen LogP contribution in [0.4, 0.5) is 4.39 Å². The molecular formula is C15H13FN4O. The fourth-order valence-corrected chi connectivity index (χ4v) is 2.28. The van der Waals surface area contributed by atoms with Gasteiger partial charge in [0.15, 0.2) is 6.29 Å². The van der Waals surface area contributed by atoms with Crippen molar-refractivity contribution in [2.45, 2.75) is 6.92 Å². The van der Waals surface area contributed by atoms with Crippen LogP contribution in [-0.4, -0.2) is 25.8 Å².